The second-order valence-electron chi connectivity index (χ2n) is 12.2. The first-order chi connectivity index (χ1) is 23.7. The molecule has 0 amide bonds. The molecule has 6 aromatic rings. The van der Waals surface area contributed by atoms with Gasteiger partial charge >= 0.3 is 11.9 Å². The third kappa shape index (κ3) is 5.41. The van der Waals surface area contributed by atoms with Gasteiger partial charge in [-0.2, -0.15) is 13.2 Å². The number of alkyl halides is 3. The summed E-state index contributed by atoms with van der Waals surface area (Å²) in [6, 6.07) is 13.3. The van der Waals surface area contributed by atoms with E-state index in [1.165, 1.54) is 22.3 Å². The molecular weight excluding hydrogens is 635 g/mol. The van der Waals surface area contributed by atoms with E-state index in [1.54, 1.807) is 36.5 Å². The first-order valence-corrected chi connectivity index (χ1v) is 16.0. The minimum Gasteiger partial charge on any atom is -0.481 e. The maximum Gasteiger partial charge on any atom is 0.418 e. The molecule has 11 nitrogen and oxygen atoms in total. The van der Waals surface area contributed by atoms with E-state index in [4.69, 9.17) is 9.72 Å². The summed E-state index contributed by atoms with van der Waals surface area (Å²) in [6.45, 7) is 3.26. The van der Waals surface area contributed by atoms with Crippen molar-refractivity contribution in [3.05, 3.63) is 94.4 Å². The summed E-state index contributed by atoms with van der Waals surface area (Å²) < 4.78 is 52.3. The van der Waals surface area contributed by atoms with E-state index in [9.17, 15) is 18.0 Å². The van der Waals surface area contributed by atoms with Gasteiger partial charge in [0.1, 0.15) is 0 Å². The predicted octanol–water partition coefficient (Wildman–Crippen LogP) is 4.73. The normalized spacial score (nSPS) is 15.2. The highest BCUT2D eigenvalue weighted by Crippen LogP contribution is 2.39. The Morgan fingerprint density at radius 3 is 2.43 bits per heavy atom. The number of aromatic nitrogens is 6. The Labute approximate surface area is 278 Å². The number of hydrogen-bond donors (Lipinski definition) is 1. The van der Waals surface area contributed by atoms with Crippen LogP contribution in [-0.2, 0) is 26.2 Å². The van der Waals surface area contributed by atoms with E-state index in [0.717, 1.165) is 48.0 Å². The number of nitrogens with zero attached hydrogens (tertiary/aromatic N) is 8. The van der Waals surface area contributed by atoms with Crippen LogP contribution in [0, 0.1) is 0 Å². The largest absolute Gasteiger partial charge is 0.481 e. The molecule has 1 fully saturated rings. The van der Waals surface area contributed by atoms with Crippen LogP contribution in [0.5, 0.6) is 5.88 Å². The Morgan fingerprint density at radius 2 is 1.67 bits per heavy atom. The quantitative estimate of drug-likeness (QED) is 0.280. The molecule has 0 aliphatic carbocycles. The van der Waals surface area contributed by atoms with Gasteiger partial charge in [-0.25, -0.2) is 19.7 Å². The van der Waals surface area contributed by atoms with Crippen LogP contribution in [0.25, 0.3) is 38.8 Å². The van der Waals surface area contributed by atoms with Gasteiger partial charge < -0.3 is 19.9 Å². The van der Waals surface area contributed by atoms with Crippen molar-refractivity contribution in [3.8, 4) is 22.7 Å². The van der Waals surface area contributed by atoms with E-state index in [-0.39, 0.29) is 11.4 Å². The van der Waals surface area contributed by atoms with Gasteiger partial charge in [0.2, 0.25) is 11.8 Å². The van der Waals surface area contributed by atoms with Crippen LogP contribution in [-0.4, -0.2) is 68.9 Å². The van der Waals surface area contributed by atoms with Gasteiger partial charge in [0.05, 0.1) is 46.8 Å². The average Bonchev–Trinajstić information content (AvgIpc) is 3.40. The molecule has 0 saturated carbocycles. The van der Waals surface area contributed by atoms with Gasteiger partial charge in [0.15, 0.2) is 0 Å². The lowest BCUT2D eigenvalue weighted by Gasteiger charge is -2.37. The van der Waals surface area contributed by atoms with Crippen molar-refractivity contribution in [1.82, 2.24) is 34.4 Å². The monoisotopic (exact) mass is 667 g/mol. The molecule has 0 radical (unpaired) electrons. The molecule has 14 heteroatoms. The van der Waals surface area contributed by atoms with Crippen molar-refractivity contribution in [3.63, 3.8) is 0 Å². The summed E-state index contributed by atoms with van der Waals surface area (Å²) >= 11 is 0. The zero-order valence-electron chi connectivity index (χ0n) is 26.8. The SMILES string of the molecule is COc1ccc(-c2ccc3ncc4c(c3c2)n(-c2ccc(N3CCN(c5ncc6c(n5)CCNC6)CC3)c(C(F)(F)F)c2)c(=O)n4C)cn1. The first kappa shape index (κ1) is 30.8. The lowest BCUT2D eigenvalue weighted by Crippen LogP contribution is -2.47. The molecule has 0 unspecified atom stereocenters. The molecule has 4 aromatic heterocycles. The number of hydrogen-bond acceptors (Lipinski definition) is 9. The number of halogens is 3. The number of ether oxygens (including phenoxy) is 1. The molecule has 1 N–H and O–H groups in total. The van der Waals surface area contributed by atoms with Gasteiger partial charge in [0, 0.05) is 93.4 Å². The van der Waals surface area contributed by atoms with Crippen LogP contribution in [0.3, 0.4) is 0 Å². The number of piperazine rings is 1. The maximum atomic E-state index is 14.8. The van der Waals surface area contributed by atoms with E-state index in [0.29, 0.717) is 59.9 Å². The average molecular weight is 668 g/mol. The third-order valence-corrected chi connectivity index (χ3v) is 9.40. The minimum absolute atomic E-state index is 0.0717. The summed E-state index contributed by atoms with van der Waals surface area (Å²) in [5, 5.41) is 3.93. The number of imidazole rings is 1. The Hall–Kier alpha value is -5.50. The number of methoxy groups -OCH3 is 1. The van der Waals surface area contributed by atoms with Gasteiger partial charge in [-0.3, -0.25) is 14.1 Å². The Balaban J connectivity index is 1.17. The van der Waals surface area contributed by atoms with Crippen molar-refractivity contribution in [1.29, 1.82) is 0 Å². The molecule has 6 heterocycles. The van der Waals surface area contributed by atoms with Crippen molar-refractivity contribution in [2.24, 2.45) is 7.05 Å². The lowest BCUT2D eigenvalue weighted by atomic mass is 10.0. The predicted molar refractivity (Wildman–Crippen MR) is 180 cm³/mol. The molecule has 49 heavy (non-hydrogen) atoms. The fourth-order valence-corrected chi connectivity index (χ4v) is 6.78. The molecule has 2 aliphatic heterocycles. The van der Waals surface area contributed by atoms with Gasteiger partial charge in [-0.1, -0.05) is 6.07 Å². The van der Waals surface area contributed by atoms with Crippen LogP contribution >= 0.6 is 0 Å². The number of rotatable bonds is 5. The first-order valence-electron chi connectivity index (χ1n) is 16.0. The van der Waals surface area contributed by atoms with Crippen LogP contribution in [0.2, 0.25) is 0 Å². The zero-order valence-corrected chi connectivity index (χ0v) is 26.8. The van der Waals surface area contributed by atoms with Gasteiger partial charge in [-0.05, 0) is 42.0 Å². The highest BCUT2D eigenvalue weighted by Gasteiger charge is 2.36. The van der Waals surface area contributed by atoms with Gasteiger partial charge in [0.25, 0.3) is 0 Å². The number of aryl methyl sites for hydroxylation is 1. The summed E-state index contributed by atoms with van der Waals surface area (Å²) in [7, 11) is 3.13. The van der Waals surface area contributed by atoms with E-state index < -0.39 is 17.4 Å². The smallest absolute Gasteiger partial charge is 0.418 e. The lowest BCUT2D eigenvalue weighted by molar-refractivity contribution is -0.137. The van der Waals surface area contributed by atoms with E-state index in [1.807, 2.05) is 35.4 Å². The van der Waals surface area contributed by atoms with E-state index in [2.05, 4.69) is 20.3 Å². The summed E-state index contributed by atoms with van der Waals surface area (Å²) in [4.78, 5) is 35.6. The Bertz CT molecular complexity index is 2270. The molecule has 0 bridgehead atoms. The fourth-order valence-electron chi connectivity index (χ4n) is 6.78. The number of pyridine rings is 2. The number of nitrogens with one attached hydrogen (secondary N) is 1. The molecular formula is C35H32F3N9O2. The molecule has 8 rings (SSSR count). The zero-order chi connectivity index (χ0) is 33.9. The van der Waals surface area contributed by atoms with Crippen molar-refractivity contribution >= 4 is 33.6 Å². The summed E-state index contributed by atoms with van der Waals surface area (Å²) in [6.07, 6.45) is 1.25. The Morgan fingerprint density at radius 1 is 0.878 bits per heavy atom. The van der Waals surface area contributed by atoms with Crippen molar-refractivity contribution < 1.29 is 17.9 Å². The molecule has 250 valence electrons. The van der Waals surface area contributed by atoms with E-state index >= 15 is 0 Å². The van der Waals surface area contributed by atoms with Crippen LogP contribution < -0.4 is 25.5 Å². The minimum atomic E-state index is -4.66. The third-order valence-electron chi connectivity index (χ3n) is 9.40. The molecule has 2 aromatic carbocycles. The standard InChI is InChI=1S/C35H32F3N9O2/c1-44-30-20-40-28-6-3-21(22-4-8-31(49-2)41-18-22)15-25(28)32(30)47(34(44)48)24-5-7-29(26(16-24)35(36,37)38)45-11-13-46(14-12-45)33-42-19-23-17-39-10-9-27(23)43-33/h3-8,15-16,18-20,39H,9-14,17H2,1-2H3. The number of fused-ring (bicyclic) bond motifs is 4. The van der Waals surface area contributed by atoms with Crippen LogP contribution in [0.15, 0.2) is 71.9 Å². The van der Waals surface area contributed by atoms with Crippen LogP contribution in [0.1, 0.15) is 16.8 Å². The van der Waals surface area contributed by atoms with Gasteiger partial charge in [-0.15, -0.1) is 0 Å². The topological polar surface area (TPSA) is 106 Å². The molecule has 2 aliphatic rings. The van der Waals surface area contributed by atoms with Crippen molar-refractivity contribution in [2.75, 3.05) is 49.6 Å². The highest BCUT2D eigenvalue weighted by molar-refractivity contribution is 6.04. The van der Waals surface area contributed by atoms with Crippen molar-refractivity contribution in [2.45, 2.75) is 19.1 Å². The molecule has 0 atom stereocenters. The second-order valence-corrected chi connectivity index (χ2v) is 12.2. The van der Waals surface area contributed by atoms with Crippen LogP contribution in [0.4, 0.5) is 24.8 Å². The summed E-state index contributed by atoms with van der Waals surface area (Å²) in [5.74, 6) is 1.08. The fraction of sp³-hybridized carbons (Fsp3) is 0.286. The molecule has 1 saturated heterocycles. The Kier molecular flexibility index (Phi) is 7.47. The number of anilines is 2. The maximum absolute atomic E-state index is 14.8. The second kappa shape index (κ2) is 11.9. The summed E-state index contributed by atoms with van der Waals surface area (Å²) in [5.41, 5.74) is 4.19. The molecule has 0 spiro atoms. The number of benzene rings is 2. The highest BCUT2D eigenvalue weighted by atomic mass is 19.4.